The smallest absolute Gasteiger partial charge is 0.360 e. The molecule has 0 spiro atoms. The van der Waals surface area contributed by atoms with Crippen LogP contribution in [0.3, 0.4) is 0 Å². The van der Waals surface area contributed by atoms with E-state index >= 15 is 0 Å². The number of carboxylic acids is 1. The highest BCUT2D eigenvalue weighted by Gasteiger charge is 2.18. The summed E-state index contributed by atoms with van der Waals surface area (Å²) in [6, 6.07) is 11.6. The number of carbonyl (C=O) groups is 1. The summed E-state index contributed by atoms with van der Waals surface area (Å²) < 4.78 is 6.36. The molecule has 124 valence electrons. The Morgan fingerprint density at radius 2 is 1.88 bits per heavy atom. The summed E-state index contributed by atoms with van der Waals surface area (Å²) in [7, 11) is 1.53. The van der Waals surface area contributed by atoms with E-state index in [4.69, 9.17) is 16.3 Å². The molecule has 0 aliphatic heterocycles. The molecule has 0 radical (unpaired) electrons. The van der Waals surface area contributed by atoms with Gasteiger partial charge in [-0.15, -0.1) is 12.4 Å². The zero-order valence-electron chi connectivity index (χ0n) is 12.4. The molecule has 0 fully saturated rings. The van der Waals surface area contributed by atoms with Gasteiger partial charge in [-0.25, -0.2) is 9.78 Å². The van der Waals surface area contributed by atoms with Gasteiger partial charge in [0.2, 0.25) is 5.69 Å². The topological polar surface area (TPSA) is 81.4 Å². The fraction of sp³-hybridized carbons (Fsp3) is 0.0625. The van der Waals surface area contributed by atoms with E-state index < -0.39 is 17.2 Å². The Kier molecular flexibility index (Phi) is 5.11. The number of methoxy groups -OCH3 is 1. The third-order valence-corrected chi connectivity index (χ3v) is 3.67. The zero-order valence-corrected chi connectivity index (χ0v) is 14.0. The summed E-state index contributed by atoms with van der Waals surface area (Å²) in [4.78, 5) is 27.8. The minimum atomic E-state index is -1.40. The average molecular weight is 367 g/mol. The first-order chi connectivity index (χ1) is 11.0. The number of para-hydroxylation sites is 1. The molecule has 0 saturated heterocycles. The van der Waals surface area contributed by atoms with Gasteiger partial charge in [0.15, 0.2) is 0 Å². The van der Waals surface area contributed by atoms with E-state index in [2.05, 4.69) is 4.98 Å². The Hall–Kier alpha value is -2.57. The third kappa shape index (κ3) is 2.93. The number of hydrogen-bond donors (Lipinski definition) is 1. The number of rotatable bonds is 3. The van der Waals surface area contributed by atoms with Gasteiger partial charge in [0.05, 0.1) is 17.6 Å². The minimum Gasteiger partial charge on any atom is -0.497 e. The van der Waals surface area contributed by atoms with Crippen LogP contribution in [0.5, 0.6) is 5.75 Å². The lowest BCUT2D eigenvalue weighted by Gasteiger charge is -2.12. The third-order valence-electron chi connectivity index (χ3n) is 3.37. The second-order valence-corrected chi connectivity index (χ2v) is 5.12. The number of aromatic carboxylic acids is 1. The molecule has 0 unspecified atom stereocenters. The zero-order chi connectivity index (χ0) is 16.6. The standard InChI is InChI=1S/C16H11ClN2O4.ClH/c1-23-10-7-5-9(6-8-10)19-12-4-2-3-11(17)13(12)18-14(15(19)20)16(21)22;/h2-8H,1H3,(H,21,22);1H. The van der Waals surface area contributed by atoms with E-state index in [1.54, 1.807) is 42.5 Å². The molecule has 0 bridgehead atoms. The second kappa shape index (κ2) is 6.90. The van der Waals surface area contributed by atoms with Crippen LogP contribution in [0.1, 0.15) is 10.5 Å². The van der Waals surface area contributed by atoms with Crippen molar-refractivity contribution in [2.24, 2.45) is 0 Å². The van der Waals surface area contributed by atoms with Gasteiger partial charge >= 0.3 is 5.97 Å². The number of fused-ring (bicyclic) bond motifs is 1. The van der Waals surface area contributed by atoms with Crippen LogP contribution in [-0.2, 0) is 0 Å². The lowest BCUT2D eigenvalue weighted by Crippen LogP contribution is -2.27. The summed E-state index contributed by atoms with van der Waals surface area (Å²) >= 11 is 6.10. The monoisotopic (exact) mass is 366 g/mol. The van der Waals surface area contributed by atoms with Crippen molar-refractivity contribution >= 4 is 41.0 Å². The molecule has 2 aromatic carbocycles. The molecule has 0 amide bonds. The second-order valence-electron chi connectivity index (χ2n) is 4.71. The molecule has 3 aromatic rings. The lowest BCUT2D eigenvalue weighted by atomic mass is 10.2. The number of hydrogen-bond acceptors (Lipinski definition) is 4. The van der Waals surface area contributed by atoms with Crippen molar-refractivity contribution < 1.29 is 14.6 Å². The summed E-state index contributed by atoms with van der Waals surface area (Å²) in [5.41, 5.74) is -0.133. The van der Waals surface area contributed by atoms with Crippen molar-refractivity contribution in [3.05, 3.63) is 63.5 Å². The Labute approximate surface area is 147 Å². The normalized spacial score (nSPS) is 10.2. The summed E-state index contributed by atoms with van der Waals surface area (Å²) in [5.74, 6) is -0.782. The molecule has 3 rings (SSSR count). The van der Waals surface area contributed by atoms with Gasteiger partial charge in [0, 0.05) is 5.69 Å². The molecule has 6 nitrogen and oxygen atoms in total. The number of aromatic nitrogens is 2. The molecule has 0 atom stereocenters. The quantitative estimate of drug-likeness (QED) is 0.769. The summed E-state index contributed by atoms with van der Waals surface area (Å²) in [6.07, 6.45) is 0. The Morgan fingerprint density at radius 3 is 2.46 bits per heavy atom. The van der Waals surface area contributed by atoms with Crippen LogP contribution in [-0.4, -0.2) is 27.7 Å². The molecule has 1 N–H and O–H groups in total. The van der Waals surface area contributed by atoms with Crippen molar-refractivity contribution in [3.63, 3.8) is 0 Å². The number of nitrogens with zero attached hydrogens (tertiary/aromatic N) is 2. The van der Waals surface area contributed by atoms with E-state index in [1.165, 1.54) is 11.7 Å². The highest BCUT2D eigenvalue weighted by Crippen LogP contribution is 2.23. The van der Waals surface area contributed by atoms with Gasteiger partial charge < -0.3 is 9.84 Å². The van der Waals surface area contributed by atoms with Crippen LogP contribution < -0.4 is 10.3 Å². The van der Waals surface area contributed by atoms with Crippen LogP contribution >= 0.6 is 24.0 Å². The predicted molar refractivity (Wildman–Crippen MR) is 93.1 cm³/mol. The molecule has 1 aromatic heterocycles. The first kappa shape index (κ1) is 17.8. The molecule has 0 aliphatic carbocycles. The van der Waals surface area contributed by atoms with Gasteiger partial charge in [0.25, 0.3) is 5.56 Å². The molecular formula is C16H12Cl2N2O4. The number of benzene rings is 2. The summed E-state index contributed by atoms with van der Waals surface area (Å²) in [5, 5.41) is 9.50. The number of halogens is 2. The molecule has 24 heavy (non-hydrogen) atoms. The van der Waals surface area contributed by atoms with Gasteiger partial charge in [-0.05, 0) is 36.4 Å². The van der Waals surface area contributed by atoms with E-state index in [1.807, 2.05) is 0 Å². The van der Waals surface area contributed by atoms with Crippen molar-refractivity contribution in [1.82, 2.24) is 9.55 Å². The predicted octanol–water partition coefficient (Wildman–Crippen LogP) is 3.17. The van der Waals surface area contributed by atoms with Crippen molar-refractivity contribution in [3.8, 4) is 11.4 Å². The van der Waals surface area contributed by atoms with Crippen LogP contribution in [0, 0.1) is 0 Å². The van der Waals surface area contributed by atoms with E-state index in [0.29, 0.717) is 17.0 Å². The SMILES string of the molecule is COc1ccc(-n2c(=O)c(C(=O)O)nc3c(Cl)cccc32)cc1.Cl. The van der Waals surface area contributed by atoms with Gasteiger partial charge in [-0.3, -0.25) is 9.36 Å². The Morgan fingerprint density at radius 1 is 1.21 bits per heavy atom. The fourth-order valence-electron chi connectivity index (χ4n) is 2.30. The first-order valence-corrected chi connectivity index (χ1v) is 6.99. The van der Waals surface area contributed by atoms with E-state index in [0.717, 1.165) is 0 Å². The number of ether oxygens (including phenoxy) is 1. The van der Waals surface area contributed by atoms with E-state index in [-0.39, 0.29) is 22.9 Å². The van der Waals surface area contributed by atoms with Gasteiger partial charge in [-0.2, -0.15) is 0 Å². The Bertz CT molecular complexity index is 968. The molecule has 0 saturated carbocycles. The molecule has 0 aliphatic rings. The summed E-state index contributed by atoms with van der Waals surface area (Å²) in [6.45, 7) is 0. The minimum absolute atomic E-state index is 0. The fourth-order valence-corrected chi connectivity index (χ4v) is 2.51. The van der Waals surface area contributed by atoms with E-state index in [9.17, 15) is 14.7 Å². The maximum atomic E-state index is 12.5. The van der Waals surface area contributed by atoms with Crippen LogP contribution in [0.4, 0.5) is 0 Å². The van der Waals surface area contributed by atoms with Crippen LogP contribution in [0.2, 0.25) is 5.02 Å². The van der Waals surface area contributed by atoms with Crippen LogP contribution in [0.25, 0.3) is 16.7 Å². The van der Waals surface area contributed by atoms with Crippen molar-refractivity contribution in [2.45, 2.75) is 0 Å². The highest BCUT2D eigenvalue weighted by molar-refractivity contribution is 6.34. The maximum absolute atomic E-state index is 12.5. The maximum Gasteiger partial charge on any atom is 0.360 e. The molecule has 1 heterocycles. The molecular weight excluding hydrogens is 355 g/mol. The largest absolute Gasteiger partial charge is 0.497 e. The molecule has 8 heteroatoms. The van der Waals surface area contributed by atoms with Gasteiger partial charge in [0.1, 0.15) is 11.3 Å². The Balaban J connectivity index is 0.00000208. The number of carboxylic acid groups (broad SMARTS) is 1. The highest BCUT2D eigenvalue weighted by atomic mass is 35.5. The first-order valence-electron chi connectivity index (χ1n) is 6.62. The van der Waals surface area contributed by atoms with Gasteiger partial charge in [-0.1, -0.05) is 17.7 Å². The van der Waals surface area contributed by atoms with Crippen molar-refractivity contribution in [1.29, 1.82) is 0 Å². The van der Waals surface area contributed by atoms with Crippen LogP contribution in [0.15, 0.2) is 47.3 Å². The average Bonchev–Trinajstić information content (AvgIpc) is 2.54. The lowest BCUT2D eigenvalue weighted by molar-refractivity contribution is 0.0688. The van der Waals surface area contributed by atoms with Crippen molar-refractivity contribution in [2.75, 3.05) is 7.11 Å².